The van der Waals surface area contributed by atoms with Gasteiger partial charge in [0.25, 0.3) is 11.8 Å². The molecule has 0 heterocycles. The van der Waals surface area contributed by atoms with Crippen molar-refractivity contribution in [1.82, 2.24) is 10.3 Å². The highest BCUT2D eigenvalue weighted by Crippen LogP contribution is 2.34. The predicted molar refractivity (Wildman–Crippen MR) is 151 cm³/mol. The summed E-state index contributed by atoms with van der Waals surface area (Å²) in [5.41, 5.74) is 1.70. The van der Waals surface area contributed by atoms with Crippen molar-refractivity contribution in [3.8, 4) is 0 Å². The summed E-state index contributed by atoms with van der Waals surface area (Å²) in [6.45, 7) is 4.21. The summed E-state index contributed by atoms with van der Waals surface area (Å²) in [5, 5.41) is 25.3. The van der Waals surface area contributed by atoms with E-state index < -0.39 is 46.6 Å². The molecule has 0 spiro atoms. The molecule has 8 nitrogen and oxygen atoms in total. The summed E-state index contributed by atoms with van der Waals surface area (Å²) in [6.07, 6.45) is -4.99. The van der Waals surface area contributed by atoms with Crippen molar-refractivity contribution >= 4 is 35.3 Å². The molecule has 13 heteroatoms. The summed E-state index contributed by atoms with van der Waals surface area (Å²) >= 11 is 5.61. The fourth-order valence-corrected chi connectivity index (χ4v) is 4.32. The van der Waals surface area contributed by atoms with Gasteiger partial charge in [0.1, 0.15) is 5.82 Å². The van der Waals surface area contributed by atoms with Crippen LogP contribution in [0.2, 0.25) is 5.02 Å². The maximum Gasteiger partial charge on any atom is 0.417 e. The van der Waals surface area contributed by atoms with Crippen molar-refractivity contribution in [2.24, 2.45) is 5.10 Å². The van der Waals surface area contributed by atoms with Crippen LogP contribution in [0.5, 0.6) is 0 Å². The number of nitrogens with one attached hydrogen (secondary N) is 2. The van der Waals surface area contributed by atoms with Crippen LogP contribution in [0.1, 0.15) is 51.3 Å². The largest absolute Gasteiger partial charge is 0.417 e. The van der Waals surface area contributed by atoms with Crippen molar-refractivity contribution in [2.75, 3.05) is 18.4 Å². The lowest BCUT2D eigenvalue weighted by Crippen LogP contribution is -2.35. The molecule has 3 rings (SSSR count). The lowest BCUT2D eigenvalue weighted by atomic mass is 10.1. The summed E-state index contributed by atoms with van der Waals surface area (Å²) < 4.78 is 53.3. The van der Waals surface area contributed by atoms with Gasteiger partial charge in [0.2, 0.25) is 0 Å². The minimum Gasteiger partial charge on any atom is -0.392 e. The molecule has 0 bridgehead atoms. The smallest absolute Gasteiger partial charge is 0.392 e. The van der Waals surface area contributed by atoms with Crippen LogP contribution in [0, 0.1) is 5.82 Å². The van der Waals surface area contributed by atoms with Gasteiger partial charge in [-0.25, -0.2) is 9.82 Å². The van der Waals surface area contributed by atoms with Gasteiger partial charge in [0.15, 0.2) is 0 Å². The van der Waals surface area contributed by atoms with Crippen LogP contribution < -0.4 is 10.7 Å². The van der Waals surface area contributed by atoms with E-state index in [1.807, 2.05) is 4.90 Å². The van der Waals surface area contributed by atoms with Gasteiger partial charge in [-0.2, -0.15) is 18.3 Å². The van der Waals surface area contributed by atoms with E-state index in [4.69, 9.17) is 11.6 Å². The Bertz CT molecular complexity index is 1440. The number of carbonyl (C=O) groups is 2. The second-order valence-electron chi connectivity index (χ2n) is 9.67. The van der Waals surface area contributed by atoms with Crippen molar-refractivity contribution in [3.63, 3.8) is 0 Å². The summed E-state index contributed by atoms with van der Waals surface area (Å²) in [6, 6.07) is 12.8. The lowest BCUT2D eigenvalue weighted by Gasteiger charge is -2.25. The summed E-state index contributed by atoms with van der Waals surface area (Å²) in [7, 11) is 0. The number of halogens is 5. The van der Waals surface area contributed by atoms with Crippen LogP contribution in [0.25, 0.3) is 0 Å². The Morgan fingerprint density at radius 2 is 1.69 bits per heavy atom. The van der Waals surface area contributed by atoms with Crippen molar-refractivity contribution in [1.29, 1.82) is 0 Å². The maximum absolute atomic E-state index is 14.0. The third kappa shape index (κ3) is 9.62. The van der Waals surface area contributed by atoms with E-state index in [0.29, 0.717) is 19.6 Å². The Balaban J connectivity index is 1.75. The molecule has 0 aliphatic heterocycles. The van der Waals surface area contributed by atoms with E-state index >= 15 is 0 Å². The van der Waals surface area contributed by atoms with Crippen molar-refractivity contribution in [2.45, 2.75) is 38.8 Å². The van der Waals surface area contributed by atoms with Crippen molar-refractivity contribution in [3.05, 3.63) is 99.3 Å². The highest BCUT2D eigenvalue weighted by atomic mass is 35.5. The molecule has 3 aromatic rings. The molecule has 2 amide bonds. The Morgan fingerprint density at radius 1 is 1.00 bits per heavy atom. The van der Waals surface area contributed by atoms with E-state index in [0.717, 1.165) is 36.0 Å². The average Bonchev–Trinajstić information content (AvgIpc) is 2.89. The molecule has 42 heavy (non-hydrogen) atoms. The van der Waals surface area contributed by atoms with Crippen LogP contribution >= 0.6 is 11.6 Å². The summed E-state index contributed by atoms with van der Waals surface area (Å²) in [5.74, 6) is -2.29. The fraction of sp³-hybridized carbons (Fsp3) is 0.276. The second kappa shape index (κ2) is 14.4. The Morgan fingerprint density at radius 3 is 2.33 bits per heavy atom. The number of anilines is 1. The SMILES string of the molecule is CC(O)CN(Cc1cccc(C(=O)Nc2ccc(F)cc2C(=O)N/N=C/c2ccc(Cl)c(C(F)(F)F)c2)c1)CC(C)O. The molecule has 2 atom stereocenters. The monoisotopic (exact) mass is 608 g/mol. The molecule has 0 saturated heterocycles. The Kier molecular flexibility index (Phi) is 11.2. The van der Waals surface area contributed by atoms with Gasteiger partial charge >= 0.3 is 6.18 Å². The molecule has 2 unspecified atom stereocenters. The molecule has 0 aliphatic rings. The van der Waals surface area contributed by atoms with Gasteiger partial charge < -0.3 is 15.5 Å². The molecule has 0 fully saturated rings. The number of amides is 2. The van der Waals surface area contributed by atoms with E-state index in [1.54, 1.807) is 38.1 Å². The number of hydrogen-bond donors (Lipinski definition) is 4. The van der Waals surface area contributed by atoms with Gasteiger partial charge in [-0.05, 0) is 67.4 Å². The first-order chi connectivity index (χ1) is 19.7. The zero-order valence-corrected chi connectivity index (χ0v) is 23.4. The van der Waals surface area contributed by atoms with Gasteiger partial charge in [-0.15, -0.1) is 0 Å². The number of alkyl halides is 3. The molecular formula is C29H29ClF4N4O4. The zero-order valence-electron chi connectivity index (χ0n) is 22.6. The van der Waals surface area contributed by atoms with E-state index in [9.17, 15) is 37.4 Å². The van der Waals surface area contributed by atoms with Gasteiger partial charge in [-0.3, -0.25) is 14.5 Å². The number of benzene rings is 3. The number of hydrogen-bond acceptors (Lipinski definition) is 6. The van der Waals surface area contributed by atoms with Gasteiger partial charge in [0, 0.05) is 25.2 Å². The van der Waals surface area contributed by atoms with E-state index in [2.05, 4.69) is 15.8 Å². The number of nitrogens with zero attached hydrogens (tertiary/aromatic N) is 2. The molecule has 4 N–H and O–H groups in total. The molecular weight excluding hydrogens is 580 g/mol. The molecule has 0 saturated carbocycles. The highest BCUT2D eigenvalue weighted by molar-refractivity contribution is 6.31. The predicted octanol–water partition coefficient (Wildman–Crippen LogP) is 5.08. The number of carbonyl (C=O) groups excluding carboxylic acids is 2. The normalized spacial score (nSPS) is 13.3. The molecule has 0 aromatic heterocycles. The number of rotatable bonds is 11. The Hall–Kier alpha value is -3.84. The third-order valence-corrected chi connectivity index (χ3v) is 6.12. The second-order valence-corrected chi connectivity index (χ2v) is 10.1. The van der Waals surface area contributed by atoms with Crippen LogP contribution in [0.15, 0.2) is 65.8 Å². The number of aliphatic hydroxyl groups is 2. The minimum absolute atomic E-state index is 0.000123. The Labute approximate surface area is 244 Å². The molecule has 0 radical (unpaired) electrons. The zero-order chi connectivity index (χ0) is 31.0. The number of hydrazone groups is 1. The molecule has 0 aliphatic carbocycles. The van der Waals surface area contributed by atoms with Gasteiger partial charge in [0.05, 0.1) is 40.3 Å². The number of aliphatic hydroxyl groups excluding tert-OH is 2. The van der Waals surface area contributed by atoms with Crippen LogP contribution in [-0.2, 0) is 12.7 Å². The first-order valence-corrected chi connectivity index (χ1v) is 13.1. The highest BCUT2D eigenvalue weighted by Gasteiger charge is 2.33. The van der Waals surface area contributed by atoms with Crippen LogP contribution in [0.4, 0.5) is 23.2 Å². The quantitative estimate of drug-likeness (QED) is 0.138. The first-order valence-electron chi connectivity index (χ1n) is 12.7. The standard InChI is InChI=1S/C29H29ClF4N4O4/c1-17(39)14-38(15-18(2)40)16-20-4-3-5-21(10-20)27(41)36-26-9-7-22(31)12-23(26)28(42)37-35-13-19-6-8-25(30)24(11-19)29(32,33)34/h3-13,17-18,39-40H,14-16H2,1-2H3,(H,36,41)(H,37,42)/b35-13+. The van der Waals surface area contributed by atoms with Crippen molar-refractivity contribution < 1.29 is 37.4 Å². The average molecular weight is 609 g/mol. The van der Waals surface area contributed by atoms with Crippen LogP contribution in [0.3, 0.4) is 0 Å². The fourth-order valence-electron chi connectivity index (χ4n) is 4.09. The molecule has 224 valence electrons. The summed E-state index contributed by atoms with van der Waals surface area (Å²) in [4.78, 5) is 27.6. The first kappa shape index (κ1) is 32.7. The minimum atomic E-state index is -4.69. The third-order valence-electron chi connectivity index (χ3n) is 5.79. The van der Waals surface area contributed by atoms with Gasteiger partial charge in [-0.1, -0.05) is 29.8 Å². The van der Waals surface area contributed by atoms with E-state index in [-0.39, 0.29) is 22.4 Å². The van der Waals surface area contributed by atoms with E-state index in [1.165, 1.54) is 12.1 Å². The maximum atomic E-state index is 14.0. The van der Waals surface area contributed by atoms with Crippen LogP contribution in [-0.4, -0.2) is 58.4 Å². The topological polar surface area (TPSA) is 114 Å². The molecule has 3 aromatic carbocycles. The lowest BCUT2D eigenvalue weighted by molar-refractivity contribution is -0.137.